The van der Waals surface area contributed by atoms with Crippen LogP contribution in [0.1, 0.15) is 87.2 Å². The summed E-state index contributed by atoms with van der Waals surface area (Å²) in [5.41, 5.74) is 4.84. The third-order valence-electron chi connectivity index (χ3n) is 10.1. The molecule has 0 N–H and O–H groups in total. The number of pyridine rings is 2. The van der Waals surface area contributed by atoms with E-state index in [0.717, 1.165) is 38.4 Å². The third kappa shape index (κ3) is 9.72. The molecule has 4 heterocycles. The second-order valence-corrected chi connectivity index (χ2v) is 18.9. The molecule has 9 aromatic rings. The number of ether oxygens (including phenoxy) is 1. The van der Waals surface area contributed by atoms with Crippen LogP contribution in [0.4, 0.5) is 0 Å². The normalized spacial score (nSPS) is 14.4. The van der Waals surface area contributed by atoms with E-state index in [1.54, 1.807) is 47.3 Å². The summed E-state index contributed by atoms with van der Waals surface area (Å²) in [7, 11) is 0. The first-order valence-corrected chi connectivity index (χ1v) is 21.1. The molecule has 0 aliphatic heterocycles. The fourth-order valence-corrected chi connectivity index (χ4v) is 7.89. The molecular weight excluding hydrogens is 954 g/mol. The summed E-state index contributed by atoms with van der Waals surface area (Å²) in [5.74, 6) is 1.74. The average molecular weight is 1020 g/mol. The molecule has 5 aromatic carbocycles. The third-order valence-corrected chi connectivity index (χ3v) is 10.1. The van der Waals surface area contributed by atoms with Gasteiger partial charge in [-0.15, -0.1) is 17.5 Å². The van der Waals surface area contributed by atoms with Gasteiger partial charge in [-0.05, 0) is 93.5 Å². The van der Waals surface area contributed by atoms with E-state index in [2.05, 4.69) is 48.8 Å². The van der Waals surface area contributed by atoms with E-state index in [-0.39, 0.29) is 21.1 Å². The van der Waals surface area contributed by atoms with Gasteiger partial charge in [-0.2, -0.15) is 18.2 Å². The first-order valence-electron chi connectivity index (χ1n) is 24.1. The summed E-state index contributed by atoms with van der Waals surface area (Å²) in [6.07, 6.45) is 1.51. The van der Waals surface area contributed by atoms with Gasteiger partial charge < -0.3 is 9.30 Å². The summed E-state index contributed by atoms with van der Waals surface area (Å²) in [6, 6.07) is 45.6. The van der Waals surface area contributed by atoms with E-state index in [4.69, 9.17) is 17.4 Å². The van der Waals surface area contributed by atoms with Crippen LogP contribution >= 0.6 is 0 Å². The topological polar surface area (TPSA) is 48.8 Å². The van der Waals surface area contributed by atoms with Crippen LogP contribution in [0.5, 0.6) is 11.5 Å². The number of benzene rings is 5. The van der Waals surface area contributed by atoms with E-state index in [0.29, 0.717) is 51.0 Å². The second kappa shape index (κ2) is 17.0. The van der Waals surface area contributed by atoms with Crippen molar-refractivity contribution in [3.05, 3.63) is 169 Å². The molecule has 9 rings (SSSR count). The molecular formula is C56H55N5OPt-2. The monoisotopic (exact) mass is 1010 g/mol. The summed E-state index contributed by atoms with van der Waals surface area (Å²) in [4.78, 5) is 9.50. The van der Waals surface area contributed by atoms with Gasteiger partial charge in [0.05, 0.1) is 22.5 Å². The Balaban J connectivity index is 0.00000642. The number of fused-ring (bicyclic) bond motifs is 4. The van der Waals surface area contributed by atoms with Crippen molar-refractivity contribution in [1.82, 2.24) is 19.1 Å². The summed E-state index contributed by atoms with van der Waals surface area (Å²) >= 11 is 0. The van der Waals surface area contributed by atoms with Gasteiger partial charge in [0.25, 0.3) is 6.33 Å². The van der Waals surface area contributed by atoms with Crippen molar-refractivity contribution in [3.8, 4) is 39.9 Å². The zero-order valence-corrected chi connectivity index (χ0v) is 39.4. The van der Waals surface area contributed by atoms with E-state index >= 15 is 0 Å². The van der Waals surface area contributed by atoms with Crippen LogP contribution in [0.2, 0.25) is 0 Å². The SMILES string of the molecule is [2H]C([2H])(c1cc(-[n+]2[c-]n(-c3[c-]c(Oc4[c-]c5c(cc4)c4cc(-c6ccccc6)ccc4n5-c4cc(C([2H])([2H])C(C)(C)C)ccn4)ccn3)c3ccccc32)cc(C([2H])([2H])C(C)(C)C)c1)C(C)(C)C.[Pt]. The number of hydrogen-bond acceptors (Lipinski definition) is 3. The molecule has 0 bridgehead atoms. The van der Waals surface area contributed by atoms with Crippen LogP contribution in [-0.4, -0.2) is 19.1 Å². The van der Waals surface area contributed by atoms with Crippen LogP contribution in [0.3, 0.4) is 0 Å². The van der Waals surface area contributed by atoms with Crippen LogP contribution < -0.4 is 9.30 Å². The first-order chi connectivity index (χ1) is 31.9. The molecule has 0 radical (unpaired) electrons. The van der Waals surface area contributed by atoms with Crippen molar-refractivity contribution in [1.29, 1.82) is 0 Å². The fourth-order valence-electron chi connectivity index (χ4n) is 7.89. The Hall–Kier alpha value is -5.84. The maximum atomic E-state index is 9.24. The first kappa shape index (κ1) is 36.6. The number of para-hydroxylation sites is 2. The van der Waals surface area contributed by atoms with E-state index in [9.17, 15) is 5.48 Å². The standard InChI is InChI=1S/C56H55N5O.Pt/c1-54(2,3)34-38-23-25-58-53(30-38)61-48-22-19-42(41-15-11-10-12-16-41)31-47(48)46-21-20-44(32-51(46)61)62-45-24-26-57-52(33-45)60-37-59(49-17-13-14-18-50(49)60)43-28-39(35-55(4,5)6)27-40(29-43)36-56(7,8)9;/h10-31H,34-36H2,1-9H3;/q-2;/i34D2,35D2,36D2;. The van der Waals surface area contributed by atoms with Gasteiger partial charge in [-0.3, -0.25) is 14.1 Å². The molecule has 7 heteroatoms. The molecule has 0 aliphatic rings. The molecule has 4 aromatic heterocycles. The molecule has 322 valence electrons. The predicted molar refractivity (Wildman–Crippen MR) is 253 cm³/mol. The van der Waals surface area contributed by atoms with E-state index in [1.807, 2.05) is 132 Å². The molecule has 0 fully saturated rings. The van der Waals surface area contributed by atoms with Gasteiger partial charge in [-0.25, -0.2) is 4.98 Å². The number of rotatable bonds is 9. The van der Waals surface area contributed by atoms with Gasteiger partial charge >= 0.3 is 0 Å². The minimum absolute atomic E-state index is 0. The van der Waals surface area contributed by atoms with E-state index < -0.39 is 35.4 Å². The van der Waals surface area contributed by atoms with Gasteiger partial charge in [0.1, 0.15) is 5.82 Å². The maximum Gasteiger partial charge on any atom is 0.269 e. The molecule has 0 unspecified atom stereocenters. The van der Waals surface area contributed by atoms with Gasteiger partial charge in [0, 0.05) is 46.8 Å². The minimum Gasteiger partial charge on any atom is -0.522 e. The molecule has 0 aliphatic carbocycles. The Morgan fingerprint density at radius 1 is 0.587 bits per heavy atom. The average Bonchev–Trinajstić information content (AvgIpc) is 3.84. The van der Waals surface area contributed by atoms with Crippen molar-refractivity contribution in [2.24, 2.45) is 16.2 Å². The van der Waals surface area contributed by atoms with Gasteiger partial charge in [0.2, 0.25) is 0 Å². The fraction of sp³-hybridized carbons (Fsp3) is 0.268. The van der Waals surface area contributed by atoms with Crippen molar-refractivity contribution >= 4 is 32.8 Å². The summed E-state index contributed by atoms with van der Waals surface area (Å²) < 4.78 is 67.3. The van der Waals surface area contributed by atoms with Crippen LogP contribution in [0.15, 0.2) is 134 Å². The van der Waals surface area contributed by atoms with Crippen LogP contribution in [-0.2, 0) is 40.2 Å². The number of aromatic nitrogens is 5. The molecule has 0 amide bonds. The Bertz CT molecular complexity index is 3330. The number of hydrogen-bond donors (Lipinski definition) is 0. The zero-order chi connectivity index (χ0) is 48.8. The Labute approximate surface area is 395 Å². The molecule has 6 nitrogen and oxygen atoms in total. The molecule has 0 spiro atoms. The van der Waals surface area contributed by atoms with Crippen LogP contribution in [0.25, 0.3) is 61.3 Å². The maximum absolute atomic E-state index is 9.24. The molecule has 0 saturated heterocycles. The smallest absolute Gasteiger partial charge is 0.269 e. The van der Waals surface area contributed by atoms with Crippen molar-refractivity contribution < 1.29 is 38.6 Å². The Morgan fingerprint density at radius 2 is 1.24 bits per heavy atom. The Kier molecular flexibility index (Phi) is 9.90. The molecule has 63 heavy (non-hydrogen) atoms. The minimum atomic E-state index is -1.80. The number of imidazole rings is 1. The largest absolute Gasteiger partial charge is 0.522 e. The Morgan fingerprint density at radius 3 is 1.95 bits per heavy atom. The van der Waals surface area contributed by atoms with Crippen molar-refractivity contribution in [3.63, 3.8) is 0 Å². The van der Waals surface area contributed by atoms with Crippen molar-refractivity contribution in [2.75, 3.05) is 0 Å². The zero-order valence-electron chi connectivity index (χ0n) is 43.2. The van der Waals surface area contributed by atoms with Gasteiger partial charge in [-0.1, -0.05) is 158 Å². The summed E-state index contributed by atoms with van der Waals surface area (Å²) in [6.45, 7) is 16.8. The quantitative estimate of drug-likeness (QED) is 0.107. The van der Waals surface area contributed by atoms with Crippen LogP contribution in [0, 0.1) is 34.7 Å². The summed E-state index contributed by atoms with van der Waals surface area (Å²) in [5, 5.41) is 1.91. The number of nitrogens with zero attached hydrogens (tertiary/aromatic N) is 5. The van der Waals surface area contributed by atoms with E-state index in [1.165, 1.54) is 0 Å². The molecule has 0 saturated carbocycles. The molecule has 0 atom stereocenters. The predicted octanol–water partition coefficient (Wildman–Crippen LogP) is 13.4. The van der Waals surface area contributed by atoms with Crippen molar-refractivity contribution in [2.45, 2.75) is 81.4 Å². The second-order valence-electron chi connectivity index (χ2n) is 18.9. The van der Waals surface area contributed by atoms with Gasteiger partial charge in [0.15, 0.2) is 0 Å².